The van der Waals surface area contributed by atoms with Gasteiger partial charge < -0.3 is 4.74 Å². The monoisotopic (exact) mass is 338 g/mol. The molecule has 0 amide bonds. The predicted octanol–water partition coefficient (Wildman–Crippen LogP) is 5.92. The number of carbonyl (C=O) groups excluding carboxylic acids is 1. The summed E-state index contributed by atoms with van der Waals surface area (Å²) in [4.78, 5) is 11.5. The van der Waals surface area contributed by atoms with Crippen molar-refractivity contribution in [1.82, 2.24) is 0 Å². The highest BCUT2D eigenvalue weighted by Gasteiger charge is 2.25. The SMILES string of the molecule is CCOC(=O)/C=C1/C=C(CC(C)CCC(CC)(CC)SC)CC1. The zero-order chi connectivity index (χ0) is 17.3. The van der Waals surface area contributed by atoms with Gasteiger partial charge in [0.15, 0.2) is 0 Å². The number of hydrogen-bond donors (Lipinski definition) is 0. The van der Waals surface area contributed by atoms with E-state index in [0.717, 1.165) is 24.8 Å². The summed E-state index contributed by atoms with van der Waals surface area (Å²) in [5, 5.41) is 0. The fraction of sp³-hybridized carbons (Fsp3) is 0.750. The van der Waals surface area contributed by atoms with E-state index in [1.807, 2.05) is 18.7 Å². The Hall–Kier alpha value is -0.700. The molecule has 0 heterocycles. The molecule has 0 spiro atoms. The van der Waals surface area contributed by atoms with Gasteiger partial charge in [0.1, 0.15) is 0 Å². The quantitative estimate of drug-likeness (QED) is 0.365. The van der Waals surface area contributed by atoms with Crippen molar-refractivity contribution >= 4 is 17.7 Å². The summed E-state index contributed by atoms with van der Waals surface area (Å²) in [6.45, 7) is 9.29. The molecule has 0 aromatic heterocycles. The Morgan fingerprint density at radius 1 is 1.35 bits per heavy atom. The molecule has 0 N–H and O–H groups in total. The lowest BCUT2D eigenvalue weighted by molar-refractivity contribution is -0.137. The fourth-order valence-electron chi connectivity index (χ4n) is 3.37. The van der Waals surface area contributed by atoms with E-state index in [1.165, 1.54) is 31.3 Å². The highest BCUT2D eigenvalue weighted by Crippen LogP contribution is 2.37. The van der Waals surface area contributed by atoms with E-state index in [2.05, 4.69) is 33.1 Å². The molecule has 1 atom stereocenters. The smallest absolute Gasteiger partial charge is 0.331 e. The average molecular weight is 339 g/mol. The first kappa shape index (κ1) is 20.3. The molecule has 0 aromatic carbocycles. The molecule has 0 bridgehead atoms. The molecule has 0 saturated carbocycles. The zero-order valence-corrected chi connectivity index (χ0v) is 16.4. The summed E-state index contributed by atoms with van der Waals surface area (Å²) < 4.78 is 5.45. The van der Waals surface area contributed by atoms with E-state index in [4.69, 9.17) is 4.74 Å². The van der Waals surface area contributed by atoms with Crippen molar-refractivity contribution in [1.29, 1.82) is 0 Å². The minimum atomic E-state index is -0.205. The molecule has 1 aliphatic rings. The van der Waals surface area contributed by atoms with Crippen LogP contribution in [0.25, 0.3) is 0 Å². The van der Waals surface area contributed by atoms with E-state index < -0.39 is 0 Å². The molecule has 132 valence electrons. The Balaban J connectivity index is 2.49. The molecule has 0 aliphatic heterocycles. The molecule has 3 heteroatoms. The van der Waals surface area contributed by atoms with E-state index in [1.54, 1.807) is 6.08 Å². The van der Waals surface area contributed by atoms with Gasteiger partial charge in [-0.15, -0.1) is 0 Å². The van der Waals surface area contributed by atoms with Gasteiger partial charge in [0.05, 0.1) is 6.61 Å². The second-order valence-electron chi connectivity index (χ2n) is 6.72. The summed E-state index contributed by atoms with van der Waals surface area (Å²) in [5.74, 6) is 0.511. The highest BCUT2D eigenvalue weighted by atomic mass is 32.2. The van der Waals surface area contributed by atoms with Crippen LogP contribution in [0.3, 0.4) is 0 Å². The van der Waals surface area contributed by atoms with Crippen LogP contribution in [0, 0.1) is 5.92 Å². The van der Waals surface area contributed by atoms with Crippen molar-refractivity contribution in [2.24, 2.45) is 5.92 Å². The van der Waals surface area contributed by atoms with Crippen molar-refractivity contribution in [2.75, 3.05) is 12.9 Å². The van der Waals surface area contributed by atoms with Crippen LogP contribution in [0.5, 0.6) is 0 Å². The maximum atomic E-state index is 11.5. The molecule has 1 aliphatic carbocycles. The second kappa shape index (κ2) is 10.2. The van der Waals surface area contributed by atoms with Crippen molar-refractivity contribution in [3.63, 3.8) is 0 Å². The van der Waals surface area contributed by atoms with E-state index in [9.17, 15) is 4.79 Å². The lowest BCUT2D eigenvalue weighted by atomic mass is 9.89. The number of ether oxygens (including phenoxy) is 1. The summed E-state index contributed by atoms with van der Waals surface area (Å²) in [6, 6.07) is 0. The van der Waals surface area contributed by atoms with Crippen LogP contribution in [0.2, 0.25) is 0 Å². The number of carbonyl (C=O) groups is 1. The topological polar surface area (TPSA) is 26.3 Å². The van der Waals surface area contributed by atoms with Crippen LogP contribution in [-0.2, 0) is 9.53 Å². The summed E-state index contributed by atoms with van der Waals surface area (Å²) >= 11 is 2.04. The molecule has 1 rings (SSSR count). The first-order valence-electron chi connectivity index (χ1n) is 9.10. The number of allylic oxidation sites excluding steroid dienone is 3. The Bertz CT molecular complexity index is 425. The highest BCUT2D eigenvalue weighted by molar-refractivity contribution is 8.00. The van der Waals surface area contributed by atoms with Crippen LogP contribution in [0.15, 0.2) is 23.3 Å². The van der Waals surface area contributed by atoms with Gasteiger partial charge in [-0.25, -0.2) is 4.79 Å². The van der Waals surface area contributed by atoms with Crippen molar-refractivity contribution in [2.45, 2.75) is 77.4 Å². The third-order valence-electron chi connectivity index (χ3n) is 5.14. The molecule has 0 radical (unpaired) electrons. The van der Waals surface area contributed by atoms with Gasteiger partial charge in [-0.2, -0.15) is 11.8 Å². The number of hydrogen-bond acceptors (Lipinski definition) is 3. The Kier molecular flexibility index (Phi) is 9.04. The van der Waals surface area contributed by atoms with Gasteiger partial charge >= 0.3 is 5.97 Å². The third kappa shape index (κ3) is 6.74. The van der Waals surface area contributed by atoms with Crippen molar-refractivity contribution < 1.29 is 9.53 Å². The van der Waals surface area contributed by atoms with Gasteiger partial charge in [-0.05, 0) is 69.6 Å². The Labute approximate surface area is 147 Å². The molecule has 0 saturated heterocycles. The van der Waals surface area contributed by atoms with Crippen molar-refractivity contribution in [3.8, 4) is 0 Å². The van der Waals surface area contributed by atoms with Gasteiger partial charge in [0, 0.05) is 10.8 Å². The van der Waals surface area contributed by atoms with E-state index in [-0.39, 0.29) is 5.97 Å². The molecule has 0 fully saturated rings. The number of esters is 1. The molecule has 0 aromatic rings. The van der Waals surface area contributed by atoms with Crippen LogP contribution in [0.1, 0.15) is 72.6 Å². The normalized spacial score (nSPS) is 18.1. The molecular weight excluding hydrogens is 304 g/mol. The summed E-state index contributed by atoms with van der Waals surface area (Å²) in [5.41, 5.74) is 2.63. The molecule has 23 heavy (non-hydrogen) atoms. The lowest BCUT2D eigenvalue weighted by Crippen LogP contribution is -2.23. The van der Waals surface area contributed by atoms with Gasteiger partial charge in [0.25, 0.3) is 0 Å². The molecule has 2 nitrogen and oxygen atoms in total. The largest absolute Gasteiger partial charge is 0.463 e. The van der Waals surface area contributed by atoms with E-state index >= 15 is 0 Å². The predicted molar refractivity (Wildman–Crippen MR) is 102 cm³/mol. The molecular formula is C20H34O2S. The van der Waals surface area contributed by atoms with Gasteiger partial charge in [0.2, 0.25) is 0 Å². The lowest BCUT2D eigenvalue weighted by Gasteiger charge is -2.31. The van der Waals surface area contributed by atoms with Crippen LogP contribution >= 0.6 is 11.8 Å². The summed E-state index contributed by atoms with van der Waals surface area (Å²) in [6.07, 6.45) is 14.5. The maximum absolute atomic E-state index is 11.5. The maximum Gasteiger partial charge on any atom is 0.331 e. The zero-order valence-electron chi connectivity index (χ0n) is 15.6. The summed E-state index contributed by atoms with van der Waals surface area (Å²) in [7, 11) is 0. The fourth-order valence-corrected chi connectivity index (χ4v) is 4.27. The van der Waals surface area contributed by atoms with Crippen LogP contribution in [0.4, 0.5) is 0 Å². The van der Waals surface area contributed by atoms with Gasteiger partial charge in [-0.1, -0.05) is 32.4 Å². The van der Waals surface area contributed by atoms with Crippen LogP contribution in [-0.4, -0.2) is 23.6 Å². The van der Waals surface area contributed by atoms with Crippen LogP contribution < -0.4 is 0 Å². The first-order chi connectivity index (χ1) is 11.0. The second-order valence-corrected chi connectivity index (χ2v) is 7.99. The number of thioether (sulfide) groups is 1. The van der Waals surface area contributed by atoms with Crippen molar-refractivity contribution in [3.05, 3.63) is 23.3 Å². The third-order valence-corrected chi connectivity index (χ3v) is 6.79. The molecule has 1 unspecified atom stereocenters. The van der Waals surface area contributed by atoms with Gasteiger partial charge in [-0.3, -0.25) is 0 Å². The Morgan fingerprint density at radius 2 is 2.04 bits per heavy atom. The minimum absolute atomic E-state index is 0.205. The number of rotatable bonds is 10. The first-order valence-corrected chi connectivity index (χ1v) is 10.3. The minimum Gasteiger partial charge on any atom is -0.463 e. The standard InChI is InChI=1S/C20H34O2S/c1-6-20(7-2,23-5)12-11-16(4)13-17-9-10-18(14-17)15-19(21)22-8-3/h14-16H,6-13H2,1-5H3/b18-15+. The average Bonchev–Trinajstić information content (AvgIpc) is 2.96. The van der Waals surface area contributed by atoms with E-state index in [0.29, 0.717) is 17.3 Å². The Morgan fingerprint density at radius 3 is 2.61 bits per heavy atom.